The van der Waals surface area contributed by atoms with E-state index in [2.05, 4.69) is 4.99 Å². The Morgan fingerprint density at radius 2 is 1.88 bits per heavy atom. The first-order valence-corrected chi connectivity index (χ1v) is 7.55. The summed E-state index contributed by atoms with van der Waals surface area (Å²) in [7, 11) is 1.32. The van der Waals surface area contributed by atoms with Crippen molar-refractivity contribution in [2.45, 2.75) is 0 Å². The van der Waals surface area contributed by atoms with Crippen molar-refractivity contribution >= 4 is 17.4 Å². The number of carbonyl (C=O) groups excluding carboxylic acids is 1. The predicted octanol–water partition coefficient (Wildman–Crippen LogP) is 2.21. The van der Waals surface area contributed by atoms with Gasteiger partial charge in [0.05, 0.1) is 12.7 Å². The summed E-state index contributed by atoms with van der Waals surface area (Å²) < 4.78 is 39.3. The topological polar surface area (TPSA) is 99.9 Å². The summed E-state index contributed by atoms with van der Waals surface area (Å²) in [5, 5.41) is 0. The molecular formula is C18H15F2N3O3. The monoisotopic (exact) mass is 359 g/mol. The smallest absolute Gasteiger partial charge is 0.280 e. The molecule has 1 heterocycles. The van der Waals surface area contributed by atoms with Gasteiger partial charge in [0.15, 0.2) is 5.96 Å². The molecule has 0 radical (unpaired) electrons. The van der Waals surface area contributed by atoms with Crippen LogP contribution >= 0.6 is 0 Å². The third-order valence-corrected chi connectivity index (χ3v) is 3.79. The third-order valence-electron chi connectivity index (χ3n) is 3.79. The molecule has 0 bridgehead atoms. The lowest BCUT2D eigenvalue weighted by atomic mass is 9.93. The summed E-state index contributed by atoms with van der Waals surface area (Å²) in [6.45, 7) is 0.133. The molecule has 1 aliphatic rings. The van der Waals surface area contributed by atoms with Gasteiger partial charge in [-0.15, -0.1) is 0 Å². The highest BCUT2D eigenvalue weighted by Gasteiger charge is 2.23. The third kappa shape index (κ3) is 3.21. The number of carbonyl (C=O) groups is 1. The van der Waals surface area contributed by atoms with Gasteiger partial charge >= 0.3 is 0 Å². The molecule has 0 aliphatic carbocycles. The summed E-state index contributed by atoms with van der Waals surface area (Å²) in [4.78, 5) is 15.5. The molecule has 0 atom stereocenters. The molecule has 6 nitrogen and oxygen atoms in total. The highest BCUT2D eigenvalue weighted by molar-refractivity contribution is 6.03. The Morgan fingerprint density at radius 3 is 2.50 bits per heavy atom. The molecule has 0 saturated carbocycles. The number of nitrogens with zero attached hydrogens (tertiary/aromatic N) is 1. The largest absolute Gasteiger partial charge is 0.497 e. The molecule has 0 spiro atoms. The van der Waals surface area contributed by atoms with Crippen LogP contribution in [0.15, 0.2) is 41.4 Å². The van der Waals surface area contributed by atoms with Gasteiger partial charge in [0.1, 0.15) is 29.7 Å². The van der Waals surface area contributed by atoms with Gasteiger partial charge in [0.25, 0.3) is 5.91 Å². The van der Waals surface area contributed by atoms with Crippen molar-refractivity contribution in [2.24, 2.45) is 16.5 Å². The lowest BCUT2D eigenvalue weighted by Gasteiger charge is -2.20. The first-order chi connectivity index (χ1) is 12.4. The Labute approximate surface area is 147 Å². The number of nitrogens with two attached hydrogens (primary N) is 2. The van der Waals surface area contributed by atoms with E-state index in [1.165, 1.54) is 31.4 Å². The van der Waals surface area contributed by atoms with Gasteiger partial charge in [-0.3, -0.25) is 4.79 Å². The van der Waals surface area contributed by atoms with E-state index >= 15 is 0 Å². The van der Waals surface area contributed by atoms with Crippen molar-refractivity contribution in [1.82, 2.24) is 0 Å². The Kier molecular flexibility index (Phi) is 4.57. The van der Waals surface area contributed by atoms with Crippen LogP contribution in [0.4, 0.5) is 8.78 Å². The van der Waals surface area contributed by atoms with Crippen LogP contribution in [0.5, 0.6) is 11.5 Å². The number of hydrogen-bond acceptors (Lipinski definition) is 3. The molecule has 0 saturated heterocycles. The molecule has 26 heavy (non-hydrogen) atoms. The minimum Gasteiger partial charge on any atom is -0.497 e. The SMILES string of the molecule is COc1cc(F)c(C2=CCOc3ccc(C(=O)N=C(N)N)cc32)c(F)c1. The van der Waals surface area contributed by atoms with Crippen LogP contribution in [0.2, 0.25) is 0 Å². The first kappa shape index (κ1) is 17.4. The van der Waals surface area contributed by atoms with Crippen LogP contribution < -0.4 is 20.9 Å². The average molecular weight is 359 g/mol. The van der Waals surface area contributed by atoms with Crippen LogP contribution in [-0.4, -0.2) is 25.6 Å². The van der Waals surface area contributed by atoms with Gasteiger partial charge in [-0.25, -0.2) is 8.78 Å². The van der Waals surface area contributed by atoms with Gasteiger partial charge in [0.2, 0.25) is 0 Å². The molecule has 1 amide bonds. The zero-order chi connectivity index (χ0) is 18.8. The van der Waals surface area contributed by atoms with Crippen molar-refractivity contribution in [1.29, 1.82) is 0 Å². The minimum absolute atomic E-state index is 0.0633. The summed E-state index contributed by atoms with van der Waals surface area (Å²) in [5.41, 5.74) is 11.0. The number of aliphatic imine (C=N–C) groups is 1. The highest BCUT2D eigenvalue weighted by atomic mass is 19.1. The van der Waals surface area contributed by atoms with Crippen molar-refractivity contribution in [3.63, 3.8) is 0 Å². The first-order valence-electron chi connectivity index (χ1n) is 7.55. The van der Waals surface area contributed by atoms with Crippen molar-refractivity contribution in [2.75, 3.05) is 13.7 Å². The molecule has 4 N–H and O–H groups in total. The number of methoxy groups -OCH3 is 1. The van der Waals surface area contributed by atoms with E-state index in [4.69, 9.17) is 20.9 Å². The van der Waals surface area contributed by atoms with E-state index in [-0.39, 0.29) is 35.0 Å². The number of ether oxygens (including phenoxy) is 2. The standard InChI is InChI=1S/C18H15F2N3O3/c1-25-10-7-13(19)16(14(20)8-10)11-4-5-26-15-3-2-9(6-12(11)15)17(24)23-18(21)22/h2-4,6-8H,5H2,1H3,(H4,21,22,23,24). The van der Waals surface area contributed by atoms with Gasteiger partial charge in [-0.05, 0) is 29.8 Å². The zero-order valence-electron chi connectivity index (χ0n) is 13.8. The quantitative estimate of drug-likeness (QED) is 0.646. The molecule has 0 unspecified atom stereocenters. The Balaban J connectivity index is 2.12. The molecular weight excluding hydrogens is 344 g/mol. The van der Waals surface area contributed by atoms with E-state index in [0.29, 0.717) is 11.3 Å². The summed E-state index contributed by atoms with van der Waals surface area (Å²) in [5.74, 6) is -2.18. The molecule has 2 aromatic rings. The second-order valence-electron chi connectivity index (χ2n) is 5.45. The second kappa shape index (κ2) is 6.83. The molecule has 2 aromatic carbocycles. The van der Waals surface area contributed by atoms with Crippen molar-refractivity contribution < 1.29 is 23.0 Å². The predicted molar refractivity (Wildman–Crippen MR) is 92.1 cm³/mol. The highest BCUT2D eigenvalue weighted by Crippen LogP contribution is 2.38. The van der Waals surface area contributed by atoms with Crippen molar-refractivity contribution in [3.8, 4) is 11.5 Å². The van der Waals surface area contributed by atoms with Crippen molar-refractivity contribution in [3.05, 3.63) is 64.7 Å². The normalized spacial score (nSPS) is 12.5. The van der Waals surface area contributed by atoms with E-state index in [1.54, 1.807) is 0 Å². The molecule has 0 aromatic heterocycles. The molecule has 3 rings (SSSR count). The second-order valence-corrected chi connectivity index (χ2v) is 5.45. The van der Waals surface area contributed by atoms with Crippen LogP contribution in [-0.2, 0) is 0 Å². The summed E-state index contributed by atoms with van der Waals surface area (Å²) in [6.07, 6.45) is 1.53. The van der Waals surface area contributed by atoms with E-state index in [1.807, 2.05) is 0 Å². The molecule has 8 heteroatoms. The van der Waals surface area contributed by atoms with Gasteiger partial charge < -0.3 is 20.9 Å². The molecule has 1 aliphatic heterocycles. The fourth-order valence-corrected chi connectivity index (χ4v) is 2.67. The zero-order valence-corrected chi connectivity index (χ0v) is 13.8. The number of halogens is 2. The molecule has 134 valence electrons. The van der Waals surface area contributed by atoms with Crippen LogP contribution in [0.1, 0.15) is 21.5 Å². The molecule has 0 fully saturated rings. The number of amides is 1. The fraction of sp³-hybridized carbons (Fsp3) is 0.111. The Hall–Kier alpha value is -3.42. The van der Waals surface area contributed by atoms with Crippen LogP contribution in [0.3, 0.4) is 0 Å². The lowest BCUT2D eigenvalue weighted by molar-refractivity contribution is 0.100. The average Bonchev–Trinajstić information content (AvgIpc) is 2.60. The van der Waals surface area contributed by atoms with E-state index < -0.39 is 17.5 Å². The van der Waals surface area contributed by atoms with E-state index in [9.17, 15) is 13.6 Å². The lowest BCUT2D eigenvalue weighted by Crippen LogP contribution is -2.24. The number of hydrogen-bond donors (Lipinski definition) is 2. The maximum absolute atomic E-state index is 14.5. The number of rotatable bonds is 3. The van der Waals surface area contributed by atoms with Crippen LogP contribution in [0, 0.1) is 11.6 Å². The van der Waals surface area contributed by atoms with Gasteiger partial charge in [-0.1, -0.05) is 0 Å². The number of benzene rings is 2. The van der Waals surface area contributed by atoms with E-state index in [0.717, 1.165) is 12.1 Å². The minimum atomic E-state index is -0.790. The van der Waals surface area contributed by atoms with Gasteiger partial charge in [-0.2, -0.15) is 4.99 Å². The Morgan fingerprint density at radius 1 is 1.19 bits per heavy atom. The number of fused-ring (bicyclic) bond motifs is 1. The maximum atomic E-state index is 14.5. The number of guanidine groups is 1. The summed E-state index contributed by atoms with van der Waals surface area (Å²) >= 11 is 0. The van der Waals surface area contributed by atoms with Crippen LogP contribution in [0.25, 0.3) is 5.57 Å². The Bertz CT molecular complexity index is 928. The maximum Gasteiger partial charge on any atom is 0.280 e. The fourth-order valence-electron chi connectivity index (χ4n) is 2.67. The summed E-state index contributed by atoms with van der Waals surface area (Å²) in [6, 6.07) is 6.60. The van der Waals surface area contributed by atoms with Gasteiger partial charge in [0, 0.05) is 23.3 Å².